The van der Waals surface area contributed by atoms with Gasteiger partial charge in [0.15, 0.2) is 11.7 Å². The van der Waals surface area contributed by atoms with E-state index in [1.165, 1.54) is 27.8 Å². The van der Waals surface area contributed by atoms with Gasteiger partial charge in [-0.25, -0.2) is 4.98 Å². The van der Waals surface area contributed by atoms with Gasteiger partial charge in [0.05, 0.1) is 18.9 Å². The summed E-state index contributed by atoms with van der Waals surface area (Å²) in [6.07, 6.45) is 0. The molecular weight excluding hydrogens is 384 g/mol. The second-order valence-electron chi connectivity index (χ2n) is 5.69. The highest BCUT2D eigenvalue weighted by atomic mass is 32.2. The molecule has 138 valence electrons. The smallest absolute Gasteiger partial charge is 0.214 e. The summed E-state index contributed by atoms with van der Waals surface area (Å²) in [5.41, 5.74) is 2.51. The fourth-order valence-electron chi connectivity index (χ4n) is 2.37. The van der Waals surface area contributed by atoms with Crippen LogP contribution >= 0.6 is 23.1 Å². The van der Waals surface area contributed by atoms with Crippen molar-refractivity contribution < 1.29 is 9.53 Å². The Balaban J connectivity index is 1.79. The van der Waals surface area contributed by atoms with Crippen molar-refractivity contribution in [1.82, 2.24) is 25.2 Å². The molecule has 0 N–H and O–H groups in total. The molecule has 1 aromatic carbocycles. The van der Waals surface area contributed by atoms with E-state index >= 15 is 0 Å². The number of hydrogen-bond acceptors (Lipinski definition) is 9. The van der Waals surface area contributed by atoms with Crippen LogP contribution in [0.5, 0.6) is 5.75 Å². The monoisotopic (exact) mass is 400 g/mol. The minimum Gasteiger partial charge on any atom is -0.494 e. The highest BCUT2D eigenvalue weighted by molar-refractivity contribution is 7.99. The van der Waals surface area contributed by atoms with Crippen molar-refractivity contribution in [2.75, 3.05) is 12.9 Å². The van der Waals surface area contributed by atoms with Gasteiger partial charge in [-0.15, -0.1) is 16.4 Å². The van der Waals surface area contributed by atoms with Crippen molar-refractivity contribution in [2.45, 2.75) is 24.9 Å². The van der Waals surface area contributed by atoms with Crippen LogP contribution < -0.4 is 4.74 Å². The molecule has 3 aromatic rings. The van der Waals surface area contributed by atoms with Gasteiger partial charge in [0.25, 0.3) is 0 Å². The lowest BCUT2D eigenvalue weighted by Crippen LogP contribution is -2.14. The lowest BCUT2D eigenvalue weighted by atomic mass is 10.1. The summed E-state index contributed by atoms with van der Waals surface area (Å²) in [6.45, 7) is 3.79. The lowest BCUT2D eigenvalue weighted by molar-refractivity contribution is -0.116. The number of methoxy groups -OCH3 is 1. The van der Waals surface area contributed by atoms with E-state index in [4.69, 9.17) is 4.74 Å². The first-order valence-electron chi connectivity index (χ1n) is 7.94. The normalized spacial score (nSPS) is 11.8. The second-order valence-corrected chi connectivity index (χ2v) is 7.52. The largest absolute Gasteiger partial charge is 0.494 e. The zero-order chi connectivity index (χ0) is 19.4. The van der Waals surface area contributed by atoms with Gasteiger partial charge < -0.3 is 4.74 Å². The average Bonchev–Trinajstić information content (AvgIpc) is 3.29. The van der Waals surface area contributed by atoms with Crippen molar-refractivity contribution in [3.63, 3.8) is 0 Å². The number of thioether (sulfide) groups is 1. The second kappa shape index (κ2) is 8.28. The van der Waals surface area contributed by atoms with Crippen LogP contribution in [0.25, 0.3) is 5.69 Å². The van der Waals surface area contributed by atoms with Gasteiger partial charge >= 0.3 is 0 Å². The number of nitrogens with zero attached hydrogens (tertiary/aromatic N) is 6. The molecule has 2 heterocycles. The first-order valence-corrected chi connectivity index (χ1v) is 9.80. The van der Waals surface area contributed by atoms with Crippen LogP contribution in [0.4, 0.5) is 0 Å². The molecule has 0 amide bonds. The van der Waals surface area contributed by atoms with Gasteiger partial charge in [0, 0.05) is 11.1 Å². The number of nitriles is 1. The maximum Gasteiger partial charge on any atom is 0.214 e. The van der Waals surface area contributed by atoms with Crippen LogP contribution in [0.1, 0.15) is 22.2 Å². The summed E-state index contributed by atoms with van der Waals surface area (Å²) in [5.74, 6) is -0.434. The van der Waals surface area contributed by atoms with E-state index in [2.05, 4.69) is 20.5 Å². The topological polar surface area (TPSA) is 107 Å². The number of hydrogen-bond donors (Lipinski definition) is 0. The number of ether oxygens (including phenoxy) is 1. The molecule has 8 nitrogen and oxygen atoms in total. The van der Waals surface area contributed by atoms with Gasteiger partial charge in [-0.05, 0) is 42.0 Å². The maximum absolute atomic E-state index is 12.5. The maximum atomic E-state index is 12.5. The molecule has 0 aliphatic carbocycles. The number of rotatable bonds is 7. The van der Waals surface area contributed by atoms with Gasteiger partial charge in [-0.3, -0.25) is 4.79 Å². The highest BCUT2D eigenvalue weighted by Crippen LogP contribution is 2.28. The number of aromatic nitrogens is 5. The quantitative estimate of drug-likeness (QED) is 0.557. The minimum atomic E-state index is -0.881. The van der Waals surface area contributed by atoms with E-state index in [-0.39, 0.29) is 11.5 Å². The summed E-state index contributed by atoms with van der Waals surface area (Å²) >= 11 is 2.49. The number of Topliss-reactive ketones (excluding diaryl/α,β-unsaturated/α-hetero) is 1. The fourth-order valence-corrected chi connectivity index (χ4v) is 4.02. The predicted molar refractivity (Wildman–Crippen MR) is 101 cm³/mol. The van der Waals surface area contributed by atoms with Crippen LogP contribution in [0, 0.1) is 25.2 Å². The van der Waals surface area contributed by atoms with Crippen molar-refractivity contribution in [2.24, 2.45) is 0 Å². The van der Waals surface area contributed by atoms with Crippen LogP contribution in [-0.2, 0) is 4.79 Å². The van der Waals surface area contributed by atoms with E-state index < -0.39 is 5.92 Å². The molecule has 0 saturated carbocycles. The zero-order valence-corrected chi connectivity index (χ0v) is 16.5. The Bertz CT molecular complexity index is 1010. The molecule has 0 radical (unpaired) electrons. The molecule has 0 unspecified atom stereocenters. The Morgan fingerprint density at radius 2 is 2.26 bits per heavy atom. The summed E-state index contributed by atoms with van der Waals surface area (Å²) in [6, 6.07) is 7.70. The number of ketones is 1. The Hall–Kier alpha value is -2.77. The van der Waals surface area contributed by atoms with Crippen molar-refractivity contribution in [3.05, 3.63) is 39.8 Å². The number of benzene rings is 1. The van der Waals surface area contributed by atoms with E-state index in [0.717, 1.165) is 11.3 Å². The summed E-state index contributed by atoms with van der Waals surface area (Å²) in [7, 11) is 1.57. The molecule has 10 heteroatoms. The minimum absolute atomic E-state index is 0.0609. The molecule has 0 spiro atoms. The number of tetrazole rings is 1. The summed E-state index contributed by atoms with van der Waals surface area (Å²) in [5, 5.41) is 23.9. The van der Waals surface area contributed by atoms with Crippen LogP contribution in [0.3, 0.4) is 0 Å². The highest BCUT2D eigenvalue weighted by Gasteiger charge is 2.24. The van der Waals surface area contributed by atoms with Crippen molar-refractivity contribution in [1.29, 1.82) is 5.26 Å². The predicted octanol–water partition coefficient (Wildman–Crippen LogP) is 2.71. The lowest BCUT2D eigenvalue weighted by Gasteiger charge is -2.10. The number of carbonyl (C=O) groups excluding carboxylic acids is 1. The molecule has 0 aliphatic rings. The Labute approximate surface area is 164 Å². The van der Waals surface area contributed by atoms with Crippen molar-refractivity contribution >= 4 is 28.9 Å². The summed E-state index contributed by atoms with van der Waals surface area (Å²) < 4.78 is 6.90. The van der Waals surface area contributed by atoms with Gasteiger partial charge in [-0.2, -0.15) is 9.94 Å². The average molecular weight is 400 g/mol. The van der Waals surface area contributed by atoms with E-state index in [1.54, 1.807) is 7.11 Å². The van der Waals surface area contributed by atoms with E-state index in [0.29, 0.717) is 21.6 Å². The van der Waals surface area contributed by atoms with Crippen LogP contribution in [0.15, 0.2) is 28.7 Å². The molecule has 3 rings (SSSR count). The SMILES string of the molecule is COc1ccc(C)cc1-n1nnnc1SCC(=O)[C@H](C#N)c1nc(C)cs1. The first kappa shape index (κ1) is 19.0. The first-order chi connectivity index (χ1) is 13.0. The molecule has 27 heavy (non-hydrogen) atoms. The van der Waals surface area contributed by atoms with E-state index in [1.807, 2.05) is 43.5 Å². The molecule has 0 aliphatic heterocycles. The van der Waals surface area contributed by atoms with Gasteiger partial charge in [0.1, 0.15) is 16.4 Å². The molecule has 0 bridgehead atoms. The van der Waals surface area contributed by atoms with Crippen molar-refractivity contribution in [3.8, 4) is 17.5 Å². The zero-order valence-electron chi connectivity index (χ0n) is 14.9. The fraction of sp³-hybridized carbons (Fsp3) is 0.294. The third-order valence-corrected chi connectivity index (χ3v) is 5.65. The molecule has 1 atom stereocenters. The third kappa shape index (κ3) is 4.15. The molecular formula is C17H16N6O2S2. The number of thiazole rings is 1. The van der Waals surface area contributed by atoms with Gasteiger partial charge in [-0.1, -0.05) is 17.8 Å². The standard InChI is InChI=1S/C17H16N6O2S2/c1-10-4-5-15(25-3)13(6-10)23-17(20-21-22-23)27-9-14(24)12(7-18)16-19-11(2)8-26-16/h4-6,8,12H,9H2,1-3H3/t12-/m0/s1. The number of carbonyl (C=O) groups is 1. The molecule has 0 fully saturated rings. The number of aryl methyl sites for hydroxylation is 2. The Kier molecular flexibility index (Phi) is 5.83. The molecule has 0 saturated heterocycles. The van der Waals surface area contributed by atoms with Gasteiger partial charge in [0.2, 0.25) is 5.16 Å². The molecule has 2 aromatic heterocycles. The van der Waals surface area contributed by atoms with E-state index in [9.17, 15) is 10.1 Å². The Morgan fingerprint density at radius 1 is 1.44 bits per heavy atom. The van der Waals surface area contributed by atoms with Crippen LogP contribution in [-0.4, -0.2) is 43.8 Å². The summed E-state index contributed by atoms with van der Waals surface area (Å²) in [4.78, 5) is 16.8. The Morgan fingerprint density at radius 3 is 2.93 bits per heavy atom. The third-order valence-electron chi connectivity index (χ3n) is 3.68. The van der Waals surface area contributed by atoms with Crippen LogP contribution in [0.2, 0.25) is 0 Å².